The molecule has 0 aliphatic carbocycles. The van der Waals surface area contributed by atoms with Gasteiger partial charge in [0.1, 0.15) is 12.0 Å². The fraction of sp³-hybridized carbons (Fsp3) is 0.100. The largest absolute Gasteiger partial charge is 0.364 e. The SMILES string of the molecule is c1csc(-c2nccn2Cc2ccon2)n1. The maximum atomic E-state index is 4.80. The highest BCUT2D eigenvalue weighted by Gasteiger charge is 2.09. The lowest BCUT2D eigenvalue weighted by atomic mass is 10.4. The average Bonchev–Trinajstić information content (AvgIpc) is 2.98. The molecule has 3 heterocycles. The van der Waals surface area contributed by atoms with Crippen molar-refractivity contribution in [2.75, 3.05) is 0 Å². The first-order valence-electron chi connectivity index (χ1n) is 4.74. The molecule has 3 aromatic rings. The molecule has 3 aromatic heterocycles. The van der Waals surface area contributed by atoms with E-state index in [2.05, 4.69) is 15.1 Å². The third-order valence-electron chi connectivity index (χ3n) is 2.16. The highest BCUT2D eigenvalue weighted by molar-refractivity contribution is 7.13. The van der Waals surface area contributed by atoms with E-state index in [1.165, 1.54) is 0 Å². The summed E-state index contributed by atoms with van der Waals surface area (Å²) in [6.45, 7) is 0.644. The highest BCUT2D eigenvalue weighted by Crippen LogP contribution is 2.20. The van der Waals surface area contributed by atoms with Gasteiger partial charge in [0, 0.05) is 30.0 Å². The van der Waals surface area contributed by atoms with Crippen molar-refractivity contribution in [3.63, 3.8) is 0 Å². The molecular formula is C10H8N4OS. The van der Waals surface area contributed by atoms with E-state index in [-0.39, 0.29) is 0 Å². The van der Waals surface area contributed by atoms with Gasteiger partial charge in [-0.15, -0.1) is 11.3 Å². The summed E-state index contributed by atoms with van der Waals surface area (Å²) in [4.78, 5) is 8.53. The Bertz CT molecular complexity index is 555. The Kier molecular flexibility index (Phi) is 2.26. The zero-order valence-corrected chi connectivity index (χ0v) is 9.09. The molecule has 0 atom stereocenters. The molecule has 0 fully saturated rings. The normalized spacial score (nSPS) is 10.8. The Morgan fingerprint density at radius 3 is 3.06 bits per heavy atom. The second kappa shape index (κ2) is 3.90. The van der Waals surface area contributed by atoms with Crippen LogP contribution < -0.4 is 0 Å². The Labute approximate surface area is 95.4 Å². The van der Waals surface area contributed by atoms with Gasteiger partial charge < -0.3 is 9.09 Å². The van der Waals surface area contributed by atoms with Gasteiger partial charge >= 0.3 is 0 Å². The van der Waals surface area contributed by atoms with Gasteiger partial charge in [-0.1, -0.05) is 5.16 Å². The molecule has 16 heavy (non-hydrogen) atoms. The summed E-state index contributed by atoms with van der Waals surface area (Å²) in [5.74, 6) is 0.859. The van der Waals surface area contributed by atoms with Crippen LogP contribution in [0.25, 0.3) is 10.8 Å². The Morgan fingerprint density at radius 2 is 2.31 bits per heavy atom. The molecule has 0 unspecified atom stereocenters. The predicted molar refractivity (Wildman–Crippen MR) is 58.9 cm³/mol. The van der Waals surface area contributed by atoms with Gasteiger partial charge in [0.25, 0.3) is 0 Å². The molecule has 0 aliphatic rings. The Hall–Kier alpha value is -1.95. The quantitative estimate of drug-likeness (QED) is 0.693. The van der Waals surface area contributed by atoms with Crippen molar-refractivity contribution in [2.45, 2.75) is 6.54 Å². The van der Waals surface area contributed by atoms with Gasteiger partial charge in [0.15, 0.2) is 10.8 Å². The van der Waals surface area contributed by atoms with Crippen molar-refractivity contribution in [3.8, 4) is 10.8 Å². The van der Waals surface area contributed by atoms with E-state index >= 15 is 0 Å². The lowest BCUT2D eigenvalue weighted by molar-refractivity contribution is 0.410. The van der Waals surface area contributed by atoms with Crippen LogP contribution in [0.1, 0.15) is 5.69 Å². The lowest BCUT2D eigenvalue weighted by Gasteiger charge is -2.02. The van der Waals surface area contributed by atoms with Crippen molar-refractivity contribution in [1.29, 1.82) is 0 Å². The summed E-state index contributed by atoms with van der Waals surface area (Å²) in [7, 11) is 0. The van der Waals surface area contributed by atoms with Crippen molar-refractivity contribution >= 4 is 11.3 Å². The zero-order valence-electron chi connectivity index (χ0n) is 8.28. The van der Waals surface area contributed by atoms with Crippen LogP contribution in [0.5, 0.6) is 0 Å². The molecule has 0 amide bonds. The molecule has 0 saturated carbocycles. The van der Waals surface area contributed by atoms with Crippen LogP contribution in [0.2, 0.25) is 0 Å². The second-order valence-electron chi connectivity index (χ2n) is 3.21. The van der Waals surface area contributed by atoms with E-state index in [1.807, 2.05) is 22.2 Å². The predicted octanol–water partition coefficient (Wildman–Crippen LogP) is 2.04. The fourth-order valence-electron chi connectivity index (χ4n) is 1.46. The monoisotopic (exact) mass is 232 g/mol. The van der Waals surface area contributed by atoms with Crippen LogP contribution in [0, 0.1) is 0 Å². The van der Waals surface area contributed by atoms with Crippen molar-refractivity contribution in [1.82, 2.24) is 19.7 Å². The van der Waals surface area contributed by atoms with Gasteiger partial charge in [-0.05, 0) is 0 Å². The van der Waals surface area contributed by atoms with Gasteiger partial charge in [-0.25, -0.2) is 9.97 Å². The van der Waals surface area contributed by atoms with Gasteiger partial charge in [0.05, 0.1) is 6.54 Å². The van der Waals surface area contributed by atoms with E-state index in [0.29, 0.717) is 6.54 Å². The summed E-state index contributed by atoms with van der Waals surface area (Å²) >= 11 is 1.57. The number of rotatable bonds is 3. The van der Waals surface area contributed by atoms with Crippen molar-refractivity contribution in [2.24, 2.45) is 0 Å². The van der Waals surface area contributed by atoms with Crippen LogP contribution in [-0.2, 0) is 6.54 Å². The zero-order chi connectivity index (χ0) is 10.8. The minimum atomic E-state index is 0.644. The molecule has 0 spiro atoms. The smallest absolute Gasteiger partial charge is 0.169 e. The van der Waals surface area contributed by atoms with Crippen LogP contribution >= 0.6 is 11.3 Å². The summed E-state index contributed by atoms with van der Waals surface area (Å²) in [6, 6.07) is 1.84. The highest BCUT2D eigenvalue weighted by atomic mass is 32.1. The van der Waals surface area contributed by atoms with Crippen LogP contribution in [-0.4, -0.2) is 19.7 Å². The van der Waals surface area contributed by atoms with Crippen molar-refractivity contribution < 1.29 is 4.52 Å². The maximum absolute atomic E-state index is 4.80. The first-order chi connectivity index (χ1) is 7.93. The average molecular weight is 232 g/mol. The number of hydrogen-bond acceptors (Lipinski definition) is 5. The maximum Gasteiger partial charge on any atom is 0.169 e. The van der Waals surface area contributed by atoms with Gasteiger partial charge in [-0.2, -0.15) is 0 Å². The number of aromatic nitrogens is 4. The van der Waals surface area contributed by atoms with E-state index in [0.717, 1.165) is 16.5 Å². The minimum absolute atomic E-state index is 0.644. The standard InChI is InChI=1S/C10H8N4OS/c1-5-15-13-8(1)7-14-4-2-11-9(14)10-12-3-6-16-10/h1-6H,7H2. The third kappa shape index (κ3) is 1.63. The molecule has 0 bridgehead atoms. The fourth-order valence-corrected chi connectivity index (χ4v) is 2.11. The van der Waals surface area contributed by atoms with Crippen LogP contribution in [0.4, 0.5) is 0 Å². The van der Waals surface area contributed by atoms with Crippen molar-refractivity contribution in [3.05, 3.63) is 42.0 Å². The van der Waals surface area contributed by atoms with E-state index in [4.69, 9.17) is 4.52 Å². The number of hydrogen-bond donors (Lipinski definition) is 0. The first kappa shape index (κ1) is 9.29. The molecule has 0 aromatic carbocycles. The summed E-state index contributed by atoms with van der Waals surface area (Å²) in [6.07, 6.45) is 7.01. The minimum Gasteiger partial charge on any atom is -0.364 e. The summed E-state index contributed by atoms with van der Waals surface area (Å²) in [5.41, 5.74) is 0.871. The first-order valence-corrected chi connectivity index (χ1v) is 5.62. The van der Waals surface area contributed by atoms with Crippen LogP contribution in [0.15, 0.2) is 40.8 Å². The molecule has 0 N–H and O–H groups in total. The molecule has 0 radical (unpaired) electrons. The number of imidazole rings is 1. The number of nitrogens with zero attached hydrogens (tertiary/aromatic N) is 4. The van der Waals surface area contributed by atoms with Crippen LogP contribution in [0.3, 0.4) is 0 Å². The molecule has 0 aliphatic heterocycles. The topological polar surface area (TPSA) is 56.7 Å². The van der Waals surface area contributed by atoms with Gasteiger partial charge in [-0.3, -0.25) is 0 Å². The molecular weight excluding hydrogens is 224 g/mol. The summed E-state index contributed by atoms with van der Waals surface area (Å²) in [5, 5.41) is 6.72. The lowest BCUT2D eigenvalue weighted by Crippen LogP contribution is -2.00. The molecule has 3 rings (SSSR count). The van der Waals surface area contributed by atoms with E-state index < -0.39 is 0 Å². The molecule has 6 heteroatoms. The number of thiazole rings is 1. The Morgan fingerprint density at radius 1 is 1.31 bits per heavy atom. The van der Waals surface area contributed by atoms with E-state index in [9.17, 15) is 0 Å². The van der Waals surface area contributed by atoms with Gasteiger partial charge in [0.2, 0.25) is 0 Å². The van der Waals surface area contributed by atoms with E-state index in [1.54, 1.807) is 30.0 Å². The Balaban J connectivity index is 1.94. The molecule has 5 nitrogen and oxygen atoms in total. The summed E-state index contributed by atoms with van der Waals surface area (Å²) < 4.78 is 6.79. The third-order valence-corrected chi connectivity index (χ3v) is 2.93. The molecule has 0 saturated heterocycles. The molecule has 80 valence electrons. The second-order valence-corrected chi connectivity index (χ2v) is 4.10.